The van der Waals surface area contributed by atoms with Crippen molar-refractivity contribution in [3.8, 4) is 16.8 Å². The molecule has 0 radical (unpaired) electrons. The van der Waals surface area contributed by atoms with E-state index in [1.807, 2.05) is 24.5 Å². The number of thiophene rings is 1. The van der Waals surface area contributed by atoms with E-state index in [1.54, 1.807) is 0 Å². The van der Waals surface area contributed by atoms with Crippen molar-refractivity contribution >= 4 is 64.7 Å². The Morgan fingerprint density at radius 3 is 2.03 bits per heavy atom. The second kappa shape index (κ2) is 7.62. The van der Waals surface area contributed by atoms with E-state index in [9.17, 15) is 0 Å². The molecule has 0 bridgehead atoms. The van der Waals surface area contributed by atoms with Crippen LogP contribution in [0.5, 0.6) is 0 Å². The van der Waals surface area contributed by atoms with Crippen LogP contribution in [-0.2, 0) is 0 Å². The third kappa shape index (κ3) is 3.04. The van der Waals surface area contributed by atoms with Gasteiger partial charge < -0.3 is 15.6 Å². The van der Waals surface area contributed by atoms with Crippen LogP contribution < -0.4 is 11.1 Å². The molecule has 5 aromatic carbocycles. The molecule has 0 saturated carbocycles. The number of nitrogen functional groups attached to an aromatic ring is 1. The molecule has 0 atom stereocenters. The number of fused-ring (bicyclic) bond motifs is 6. The largest absolute Gasteiger partial charge is 0.399 e. The second-order valence-corrected chi connectivity index (χ2v) is 10.0. The van der Waals surface area contributed by atoms with Gasteiger partial charge in [-0.3, -0.25) is 0 Å². The zero-order chi connectivity index (χ0) is 23.5. The number of benzene rings is 5. The van der Waals surface area contributed by atoms with Gasteiger partial charge in [-0.25, -0.2) is 0 Å². The Kier molecular flexibility index (Phi) is 4.38. The van der Waals surface area contributed by atoms with Crippen LogP contribution >= 0.6 is 11.3 Å². The van der Waals surface area contributed by atoms with Gasteiger partial charge in [-0.15, -0.1) is 11.3 Å². The van der Waals surface area contributed by atoms with Crippen molar-refractivity contribution in [2.75, 3.05) is 18.1 Å². The molecule has 2 aromatic heterocycles. The first-order chi connectivity index (χ1) is 17.2. The highest BCUT2D eigenvalue weighted by Gasteiger charge is 2.16. The summed E-state index contributed by atoms with van der Waals surface area (Å²) in [6.07, 6.45) is 0. The van der Waals surface area contributed by atoms with Gasteiger partial charge in [-0.1, -0.05) is 60.7 Å². The van der Waals surface area contributed by atoms with Crippen LogP contribution in [0.2, 0.25) is 0 Å². The number of nitrogens with one attached hydrogen (secondary N) is 1. The van der Waals surface area contributed by atoms with Gasteiger partial charge in [-0.05, 0) is 48.0 Å². The van der Waals surface area contributed by atoms with Gasteiger partial charge >= 0.3 is 0 Å². The van der Waals surface area contributed by atoms with E-state index in [2.05, 4.69) is 107 Å². The molecule has 4 heteroatoms. The lowest BCUT2D eigenvalue weighted by Crippen LogP contribution is -1.99. The van der Waals surface area contributed by atoms with E-state index in [1.165, 1.54) is 53.1 Å². The van der Waals surface area contributed by atoms with Gasteiger partial charge in [0.25, 0.3) is 0 Å². The molecule has 0 aliphatic rings. The fourth-order valence-corrected chi connectivity index (χ4v) is 6.44. The number of hydrogen-bond acceptors (Lipinski definition) is 3. The third-order valence-electron chi connectivity index (χ3n) is 6.92. The number of para-hydroxylation sites is 2. The summed E-state index contributed by atoms with van der Waals surface area (Å²) < 4.78 is 4.93. The molecule has 35 heavy (non-hydrogen) atoms. The lowest BCUT2D eigenvalue weighted by atomic mass is 10.0. The third-order valence-corrected chi connectivity index (χ3v) is 8.03. The van der Waals surface area contributed by atoms with Crippen LogP contribution in [0.4, 0.5) is 11.4 Å². The summed E-state index contributed by atoms with van der Waals surface area (Å²) >= 11 is 1.84. The van der Waals surface area contributed by atoms with Crippen molar-refractivity contribution in [2.45, 2.75) is 0 Å². The van der Waals surface area contributed by atoms with Gasteiger partial charge in [0.1, 0.15) is 0 Å². The molecular weight excluding hydrogens is 446 g/mol. The number of nitrogens with zero attached hydrogens (tertiary/aromatic N) is 1. The van der Waals surface area contributed by atoms with Crippen molar-refractivity contribution in [3.63, 3.8) is 0 Å². The predicted octanol–water partition coefficient (Wildman–Crippen LogP) is 8.44. The van der Waals surface area contributed by atoms with E-state index in [-0.39, 0.29) is 0 Å². The van der Waals surface area contributed by atoms with Gasteiger partial charge in [-0.2, -0.15) is 0 Å². The average Bonchev–Trinajstić information content (AvgIpc) is 3.43. The quantitative estimate of drug-likeness (QED) is 0.255. The Hall–Kier alpha value is -4.28. The summed E-state index contributed by atoms with van der Waals surface area (Å²) in [6.45, 7) is 0. The maximum absolute atomic E-state index is 6.35. The van der Waals surface area contributed by atoms with Crippen LogP contribution in [0, 0.1) is 0 Å². The van der Waals surface area contributed by atoms with Crippen LogP contribution in [0.1, 0.15) is 0 Å². The van der Waals surface area contributed by atoms with Crippen molar-refractivity contribution in [1.29, 1.82) is 0 Å². The maximum Gasteiger partial charge on any atom is 0.0561 e. The Labute approximate surface area is 207 Å². The summed E-state index contributed by atoms with van der Waals surface area (Å²) in [5.41, 5.74) is 14.1. The summed E-state index contributed by atoms with van der Waals surface area (Å²) in [7, 11) is 1.96. The van der Waals surface area contributed by atoms with Crippen molar-refractivity contribution in [3.05, 3.63) is 103 Å². The minimum atomic E-state index is 0.758. The number of rotatable bonds is 3. The van der Waals surface area contributed by atoms with Crippen molar-refractivity contribution in [1.82, 2.24) is 4.57 Å². The normalized spacial score (nSPS) is 11.7. The number of nitrogens with two attached hydrogens (primary N) is 1. The molecule has 0 fully saturated rings. The van der Waals surface area contributed by atoms with E-state index in [4.69, 9.17) is 5.73 Å². The molecule has 0 aliphatic heterocycles. The highest BCUT2D eigenvalue weighted by atomic mass is 32.1. The predicted molar refractivity (Wildman–Crippen MR) is 153 cm³/mol. The molecule has 7 rings (SSSR count). The molecule has 0 spiro atoms. The van der Waals surface area contributed by atoms with Gasteiger partial charge in [0, 0.05) is 54.9 Å². The summed E-state index contributed by atoms with van der Waals surface area (Å²) in [5, 5.41) is 8.34. The van der Waals surface area contributed by atoms with Gasteiger partial charge in [0.05, 0.1) is 16.7 Å². The number of hydrogen-bond donors (Lipinski definition) is 2. The Morgan fingerprint density at radius 2 is 1.31 bits per heavy atom. The van der Waals surface area contributed by atoms with E-state index in [0.29, 0.717) is 0 Å². The van der Waals surface area contributed by atoms with Crippen LogP contribution in [0.15, 0.2) is 103 Å². The standard InChI is InChI=1S/C31H23N3S/c1-33-21-12-15-26-25-13-10-19(16-30(25)35-31(26)18-21)22-14-11-20(32)17-29(22)34-27-8-4-2-6-23(27)24-7-3-5-9-28(24)34/h2-18,33H,32H2,1H3. The van der Waals surface area contributed by atoms with Gasteiger partial charge in [0.15, 0.2) is 0 Å². The molecule has 7 aromatic rings. The Balaban J connectivity index is 1.50. The minimum Gasteiger partial charge on any atom is -0.399 e. The SMILES string of the molecule is CNc1ccc2c(c1)sc1cc(-c3ccc(N)cc3-n3c4ccccc4c4ccccc43)ccc12. The first-order valence-electron chi connectivity index (χ1n) is 11.7. The van der Waals surface area contributed by atoms with Crippen LogP contribution in [0.25, 0.3) is 58.8 Å². The first kappa shape index (κ1) is 20.1. The minimum absolute atomic E-state index is 0.758. The highest BCUT2D eigenvalue weighted by Crippen LogP contribution is 2.40. The maximum atomic E-state index is 6.35. The average molecular weight is 470 g/mol. The molecule has 0 unspecified atom stereocenters. The topological polar surface area (TPSA) is 43.0 Å². The number of aromatic nitrogens is 1. The van der Waals surface area contributed by atoms with Crippen molar-refractivity contribution < 1.29 is 0 Å². The second-order valence-electron chi connectivity index (χ2n) is 8.92. The molecule has 168 valence electrons. The molecule has 0 saturated heterocycles. The Morgan fingerprint density at radius 1 is 0.657 bits per heavy atom. The zero-order valence-electron chi connectivity index (χ0n) is 19.2. The zero-order valence-corrected chi connectivity index (χ0v) is 20.1. The monoisotopic (exact) mass is 469 g/mol. The van der Waals surface area contributed by atoms with Crippen molar-refractivity contribution in [2.24, 2.45) is 0 Å². The first-order valence-corrected chi connectivity index (χ1v) is 12.6. The van der Waals surface area contributed by atoms with E-state index in [0.717, 1.165) is 17.1 Å². The lowest BCUT2D eigenvalue weighted by molar-refractivity contribution is 1.18. The Bertz CT molecular complexity index is 1850. The molecule has 0 aliphatic carbocycles. The molecular formula is C31H23N3S. The van der Waals surface area contributed by atoms with E-state index >= 15 is 0 Å². The molecule has 3 N–H and O–H groups in total. The van der Waals surface area contributed by atoms with Crippen LogP contribution in [-0.4, -0.2) is 11.6 Å². The summed E-state index contributed by atoms with van der Waals surface area (Å²) in [5.74, 6) is 0. The molecule has 0 amide bonds. The molecule has 3 nitrogen and oxygen atoms in total. The fourth-order valence-electron chi connectivity index (χ4n) is 5.26. The van der Waals surface area contributed by atoms with Crippen LogP contribution in [0.3, 0.4) is 0 Å². The smallest absolute Gasteiger partial charge is 0.0561 e. The van der Waals surface area contributed by atoms with E-state index < -0.39 is 0 Å². The molecule has 2 heterocycles. The highest BCUT2D eigenvalue weighted by molar-refractivity contribution is 7.25. The van der Waals surface area contributed by atoms with Gasteiger partial charge in [0.2, 0.25) is 0 Å². The fraction of sp³-hybridized carbons (Fsp3) is 0.0323. The number of anilines is 2. The lowest BCUT2D eigenvalue weighted by Gasteiger charge is -2.15. The summed E-state index contributed by atoms with van der Waals surface area (Å²) in [6, 6.07) is 36.9. The summed E-state index contributed by atoms with van der Waals surface area (Å²) in [4.78, 5) is 0.